The van der Waals surface area contributed by atoms with Crippen molar-refractivity contribution in [2.45, 2.75) is 45.8 Å². The molecule has 2 saturated heterocycles. The normalized spacial score (nSPS) is 20.9. The lowest BCUT2D eigenvalue weighted by molar-refractivity contribution is -0.135. The summed E-state index contributed by atoms with van der Waals surface area (Å²) in [6, 6.07) is 15.4. The molecule has 0 spiro atoms. The van der Waals surface area contributed by atoms with Crippen LogP contribution in [0.15, 0.2) is 76.9 Å². The van der Waals surface area contributed by atoms with Crippen molar-refractivity contribution in [2.24, 2.45) is 4.99 Å². The van der Waals surface area contributed by atoms with Crippen molar-refractivity contribution in [2.75, 3.05) is 77.5 Å². The van der Waals surface area contributed by atoms with E-state index in [1.165, 1.54) is 5.56 Å². The maximum atomic E-state index is 14.5. The minimum atomic E-state index is -0.213. The molecule has 1 unspecified atom stereocenters. The molecule has 2 amide bonds. The SMILES string of the molecule is CCc1ccc(OCC(=O)N2CCN(CC3=NC4CC=C(N5CCN(C)CC5)C=C4C(=O)N3c3ccccc3OC(C)C)CC2)cc1. The largest absolute Gasteiger partial charge is 0.489 e. The van der Waals surface area contributed by atoms with Gasteiger partial charge in [0, 0.05) is 63.6 Å². The van der Waals surface area contributed by atoms with Gasteiger partial charge in [0.05, 0.1) is 24.4 Å². The number of amides is 2. The molecule has 1 atom stereocenters. The number of fused-ring (bicyclic) bond motifs is 1. The second-order valence-electron chi connectivity index (χ2n) is 13.0. The summed E-state index contributed by atoms with van der Waals surface area (Å²) in [4.78, 5) is 43.3. The van der Waals surface area contributed by atoms with Crippen molar-refractivity contribution in [3.63, 3.8) is 0 Å². The molecule has 3 heterocycles. The van der Waals surface area contributed by atoms with Gasteiger partial charge in [-0.2, -0.15) is 0 Å². The van der Waals surface area contributed by atoms with E-state index in [1.807, 2.05) is 67.3 Å². The Morgan fingerprint density at radius 3 is 2.38 bits per heavy atom. The summed E-state index contributed by atoms with van der Waals surface area (Å²) in [5.74, 6) is 2.02. The number of piperazine rings is 2. The number of rotatable bonds is 10. The van der Waals surface area contributed by atoms with Gasteiger partial charge >= 0.3 is 0 Å². The standard InChI is InChI=1S/C37H48N6O4/c1-5-28-10-13-30(14-11-28)46-26-36(44)42-22-18-40(19-23-42)25-35-38-32-15-12-29(41-20-16-39(4)17-21-41)24-31(32)37(45)43(35)33-8-6-7-9-34(33)47-27(2)3/h6-14,24,27,32H,5,15-23,25-26H2,1-4H3. The second kappa shape index (κ2) is 14.7. The van der Waals surface area contributed by atoms with Crippen LogP contribution in [0.2, 0.25) is 0 Å². The third-order valence-corrected chi connectivity index (χ3v) is 9.35. The zero-order valence-corrected chi connectivity index (χ0v) is 28.2. The number of carbonyl (C=O) groups excluding carboxylic acids is 2. The number of hydrogen-bond acceptors (Lipinski definition) is 8. The first kappa shape index (κ1) is 32.8. The Labute approximate surface area is 278 Å². The van der Waals surface area contributed by atoms with Crippen LogP contribution in [0.25, 0.3) is 0 Å². The van der Waals surface area contributed by atoms with Crippen LogP contribution in [0.5, 0.6) is 11.5 Å². The van der Waals surface area contributed by atoms with Crippen LogP contribution in [0.1, 0.15) is 32.8 Å². The molecule has 6 rings (SSSR count). The molecule has 0 radical (unpaired) electrons. The molecule has 0 aromatic heterocycles. The summed E-state index contributed by atoms with van der Waals surface area (Å²) in [6.45, 7) is 13.1. The maximum absolute atomic E-state index is 14.5. The molecule has 2 fully saturated rings. The highest BCUT2D eigenvalue weighted by Gasteiger charge is 2.38. The zero-order chi connectivity index (χ0) is 32.9. The van der Waals surface area contributed by atoms with Gasteiger partial charge in [0.25, 0.3) is 11.8 Å². The molecule has 0 bridgehead atoms. The second-order valence-corrected chi connectivity index (χ2v) is 13.0. The third kappa shape index (κ3) is 7.71. The van der Waals surface area contributed by atoms with Crippen LogP contribution < -0.4 is 14.4 Å². The van der Waals surface area contributed by atoms with Crippen LogP contribution in [-0.4, -0.2) is 122 Å². The van der Waals surface area contributed by atoms with Crippen LogP contribution in [0.3, 0.4) is 0 Å². The van der Waals surface area contributed by atoms with E-state index in [1.54, 1.807) is 4.90 Å². The first-order valence-electron chi connectivity index (χ1n) is 17.0. The lowest BCUT2D eigenvalue weighted by Gasteiger charge is -2.40. The summed E-state index contributed by atoms with van der Waals surface area (Å²) in [7, 11) is 2.15. The minimum Gasteiger partial charge on any atom is -0.489 e. The van der Waals surface area contributed by atoms with Gasteiger partial charge in [0.15, 0.2) is 6.61 Å². The first-order valence-corrected chi connectivity index (χ1v) is 17.0. The number of aliphatic imine (C=N–C) groups is 1. The van der Waals surface area contributed by atoms with E-state index in [0.717, 1.165) is 43.9 Å². The Morgan fingerprint density at radius 2 is 1.68 bits per heavy atom. The van der Waals surface area contributed by atoms with Gasteiger partial charge in [0.1, 0.15) is 17.3 Å². The third-order valence-electron chi connectivity index (χ3n) is 9.35. The topological polar surface area (TPSA) is 81.2 Å². The zero-order valence-electron chi connectivity index (χ0n) is 28.2. The summed E-state index contributed by atoms with van der Waals surface area (Å²) < 4.78 is 12.0. The van der Waals surface area contributed by atoms with E-state index in [2.05, 4.69) is 40.8 Å². The van der Waals surface area contributed by atoms with E-state index in [9.17, 15) is 9.59 Å². The van der Waals surface area contributed by atoms with Crippen molar-refractivity contribution in [3.05, 3.63) is 77.5 Å². The Hall–Kier alpha value is -4.15. The molecule has 0 N–H and O–H groups in total. The molecule has 0 saturated carbocycles. The average Bonchev–Trinajstić information content (AvgIpc) is 3.08. The van der Waals surface area contributed by atoms with Gasteiger partial charge in [-0.1, -0.05) is 37.3 Å². The number of ether oxygens (including phenoxy) is 2. The van der Waals surface area contributed by atoms with E-state index in [0.29, 0.717) is 62.2 Å². The Kier molecular flexibility index (Phi) is 10.3. The lowest BCUT2D eigenvalue weighted by Crippen LogP contribution is -2.55. The number of nitrogens with zero attached hydrogens (tertiary/aromatic N) is 6. The van der Waals surface area contributed by atoms with Crippen LogP contribution >= 0.6 is 0 Å². The fourth-order valence-corrected chi connectivity index (χ4v) is 6.54. The van der Waals surface area contributed by atoms with Crippen molar-refractivity contribution in [3.8, 4) is 11.5 Å². The predicted octanol–water partition coefficient (Wildman–Crippen LogP) is 3.83. The molecule has 2 aromatic rings. The van der Waals surface area contributed by atoms with Gasteiger partial charge in [-0.3, -0.25) is 24.4 Å². The first-order chi connectivity index (χ1) is 22.8. The number of amidine groups is 1. The molecular formula is C37H48N6O4. The van der Waals surface area contributed by atoms with Gasteiger partial charge in [-0.05, 0) is 69.6 Å². The molecule has 250 valence electrons. The fourth-order valence-electron chi connectivity index (χ4n) is 6.54. The maximum Gasteiger partial charge on any atom is 0.262 e. The lowest BCUT2D eigenvalue weighted by atomic mass is 9.93. The number of aryl methyl sites for hydroxylation is 1. The number of likely N-dealkylation sites (N-methyl/N-ethyl adjacent to an activating group) is 1. The fraction of sp³-hybridized carbons (Fsp3) is 0.486. The van der Waals surface area contributed by atoms with Crippen molar-refractivity contribution in [1.82, 2.24) is 19.6 Å². The number of carbonyl (C=O) groups is 2. The van der Waals surface area contributed by atoms with E-state index >= 15 is 0 Å². The Bertz CT molecular complexity index is 1520. The summed E-state index contributed by atoms with van der Waals surface area (Å²) in [5, 5.41) is 0. The average molecular weight is 641 g/mol. The van der Waals surface area contributed by atoms with Crippen LogP contribution in [0.4, 0.5) is 5.69 Å². The van der Waals surface area contributed by atoms with Gasteiger partial charge in [-0.25, -0.2) is 0 Å². The predicted molar refractivity (Wildman–Crippen MR) is 185 cm³/mol. The molecule has 4 aliphatic rings. The Morgan fingerprint density at radius 1 is 0.957 bits per heavy atom. The summed E-state index contributed by atoms with van der Waals surface area (Å²) in [5.41, 5.74) is 3.79. The smallest absolute Gasteiger partial charge is 0.262 e. The van der Waals surface area contributed by atoms with Crippen molar-refractivity contribution >= 4 is 23.3 Å². The summed E-state index contributed by atoms with van der Waals surface area (Å²) >= 11 is 0. The van der Waals surface area contributed by atoms with E-state index in [-0.39, 0.29) is 30.6 Å². The van der Waals surface area contributed by atoms with Crippen molar-refractivity contribution in [1.29, 1.82) is 0 Å². The highest BCUT2D eigenvalue weighted by molar-refractivity contribution is 6.26. The molecule has 1 aliphatic carbocycles. The van der Waals surface area contributed by atoms with E-state index < -0.39 is 0 Å². The van der Waals surface area contributed by atoms with Gasteiger partial charge in [-0.15, -0.1) is 0 Å². The van der Waals surface area contributed by atoms with Crippen LogP contribution in [-0.2, 0) is 16.0 Å². The number of allylic oxidation sites excluding steroid dienone is 1. The molecule has 47 heavy (non-hydrogen) atoms. The molecule has 3 aliphatic heterocycles. The minimum absolute atomic E-state index is 0.0179. The number of benzene rings is 2. The highest BCUT2D eigenvalue weighted by atomic mass is 16.5. The van der Waals surface area contributed by atoms with Crippen molar-refractivity contribution < 1.29 is 19.1 Å². The summed E-state index contributed by atoms with van der Waals surface area (Å²) in [6.07, 6.45) is 5.92. The quantitative estimate of drug-likeness (QED) is 0.391. The molecule has 2 aromatic carbocycles. The molecule has 10 nitrogen and oxygen atoms in total. The van der Waals surface area contributed by atoms with Crippen LogP contribution in [0, 0.1) is 0 Å². The number of hydrogen-bond donors (Lipinski definition) is 0. The molecular weight excluding hydrogens is 592 g/mol. The van der Waals surface area contributed by atoms with Gasteiger partial charge in [0.2, 0.25) is 0 Å². The number of anilines is 1. The highest BCUT2D eigenvalue weighted by Crippen LogP contribution is 2.36. The van der Waals surface area contributed by atoms with E-state index in [4.69, 9.17) is 14.5 Å². The monoisotopic (exact) mass is 640 g/mol. The number of para-hydroxylation sites is 2. The molecule has 10 heteroatoms. The van der Waals surface area contributed by atoms with Gasteiger partial charge < -0.3 is 24.2 Å². The Balaban J connectivity index is 1.16.